The maximum Gasteiger partial charge on any atom is 0.218 e. The van der Waals surface area contributed by atoms with Gasteiger partial charge in [-0.15, -0.1) is 0 Å². The zero-order valence-electron chi connectivity index (χ0n) is 17.1. The van der Waals surface area contributed by atoms with Crippen LogP contribution in [-0.4, -0.2) is 22.5 Å². The third kappa shape index (κ3) is 3.43. The van der Waals surface area contributed by atoms with Crippen molar-refractivity contribution in [1.82, 2.24) is 0 Å². The molecule has 1 aromatic carbocycles. The highest BCUT2D eigenvalue weighted by molar-refractivity contribution is 6.42. The van der Waals surface area contributed by atoms with Crippen molar-refractivity contribution in [3.63, 3.8) is 0 Å². The Morgan fingerprint density at radius 3 is 2.41 bits per heavy atom. The first kappa shape index (κ1) is 20.9. The molecule has 1 saturated carbocycles. The van der Waals surface area contributed by atoms with E-state index in [1.165, 1.54) is 0 Å². The van der Waals surface area contributed by atoms with Crippen molar-refractivity contribution in [2.75, 3.05) is 0 Å². The van der Waals surface area contributed by atoms with Crippen LogP contribution in [0.2, 0.25) is 10.0 Å². The normalized spacial score (nSPS) is 33.1. The van der Waals surface area contributed by atoms with Crippen molar-refractivity contribution in [2.45, 2.75) is 65.1 Å². The molecule has 4 nitrogen and oxygen atoms in total. The lowest BCUT2D eigenvalue weighted by Crippen LogP contribution is -2.58. The number of hydrogen-bond acceptors (Lipinski definition) is 4. The molecule has 0 unspecified atom stereocenters. The molecule has 156 valence electrons. The number of ketones is 2. The summed E-state index contributed by atoms with van der Waals surface area (Å²) < 4.78 is 6.13. The standard InChI is InChI=1S/C23H26Cl2O4/c1-21(2)8-14(26)18-16(10-21)29-23(28)11-22(3,4)9-15(27)19(23)17(18)12-6-5-7-13(24)20(12)25/h5-7,17,19,28H,8-11H2,1-4H3/t17-,19+,23+/m0/s1. The number of carbonyl (C=O) groups excluding carboxylic acids is 2. The van der Waals surface area contributed by atoms with E-state index in [1.54, 1.807) is 18.2 Å². The van der Waals surface area contributed by atoms with E-state index in [2.05, 4.69) is 0 Å². The molecule has 0 aromatic heterocycles. The van der Waals surface area contributed by atoms with E-state index in [9.17, 15) is 14.7 Å². The molecule has 1 N–H and O–H groups in total. The number of allylic oxidation sites excluding steroid dienone is 2. The molecule has 6 heteroatoms. The summed E-state index contributed by atoms with van der Waals surface area (Å²) >= 11 is 12.8. The summed E-state index contributed by atoms with van der Waals surface area (Å²) in [6.07, 6.45) is 1.48. The third-order valence-corrected chi connectivity index (χ3v) is 7.19. The van der Waals surface area contributed by atoms with Gasteiger partial charge < -0.3 is 9.84 Å². The molecule has 29 heavy (non-hydrogen) atoms. The van der Waals surface area contributed by atoms with Gasteiger partial charge in [-0.1, -0.05) is 63.0 Å². The van der Waals surface area contributed by atoms with E-state index in [4.69, 9.17) is 27.9 Å². The van der Waals surface area contributed by atoms with Gasteiger partial charge in [-0.3, -0.25) is 9.59 Å². The second-order valence-corrected chi connectivity index (χ2v) is 11.1. The van der Waals surface area contributed by atoms with Gasteiger partial charge in [0.2, 0.25) is 5.79 Å². The number of benzene rings is 1. The lowest BCUT2D eigenvalue weighted by Gasteiger charge is -2.53. The van der Waals surface area contributed by atoms with Gasteiger partial charge in [-0.05, 0) is 22.5 Å². The predicted octanol–water partition coefficient (Wildman–Crippen LogP) is 5.44. The van der Waals surface area contributed by atoms with Crippen LogP contribution in [0.5, 0.6) is 0 Å². The van der Waals surface area contributed by atoms with Crippen LogP contribution in [0.3, 0.4) is 0 Å². The summed E-state index contributed by atoms with van der Waals surface area (Å²) in [7, 11) is 0. The number of aliphatic hydroxyl groups is 1. The summed E-state index contributed by atoms with van der Waals surface area (Å²) in [6, 6.07) is 5.22. The Kier molecular flexibility index (Phi) is 4.73. The lowest BCUT2D eigenvalue weighted by atomic mass is 9.59. The van der Waals surface area contributed by atoms with Crippen LogP contribution in [0.1, 0.15) is 64.9 Å². The van der Waals surface area contributed by atoms with E-state index in [0.717, 1.165) is 0 Å². The fourth-order valence-electron chi connectivity index (χ4n) is 5.43. The van der Waals surface area contributed by atoms with Gasteiger partial charge in [0.25, 0.3) is 0 Å². The van der Waals surface area contributed by atoms with Crippen LogP contribution in [0.25, 0.3) is 0 Å². The van der Waals surface area contributed by atoms with E-state index < -0.39 is 23.0 Å². The molecule has 0 bridgehead atoms. The number of rotatable bonds is 1. The first-order valence-electron chi connectivity index (χ1n) is 9.98. The predicted molar refractivity (Wildman–Crippen MR) is 112 cm³/mol. The summed E-state index contributed by atoms with van der Waals surface area (Å²) in [4.78, 5) is 26.5. The van der Waals surface area contributed by atoms with Gasteiger partial charge in [0, 0.05) is 37.2 Å². The quantitative estimate of drug-likeness (QED) is 0.635. The molecule has 0 radical (unpaired) electrons. The number of halogens is 2. The maximum atomic E-state index is 13.3. The zero-order valence-corrected chi connectivity index (χ0v) is 18.7. The average molecular weight is 437 g/mol. The summed E-state index contributed by atoms with van der Waals surface area (Å²) in [5.41, 5.74) is 0.378. The molecule has 4 rings (SSSR count). The van der Waals surface area contributed by atoms with Crippen molar-refractivity contribution >= 4 is 34.8 Å². The van der Waals surface area contributed by atoms with E-state index in [0.29, 0.717) is 52.6 Å². The van der Waals surface area contributed by atoms with Crippen molar-refractivity contribution in [1.29, 1.82) is 0 Å². The highest BCUT2D eigenvalue weighted by atomic mass is 35.5. The third-order valence-electron chi connectivity index (χ3n) is 6.36. The molecule has 0 spiro atoms. The molecule has 1 aromatic rings. The summed E-state index contributed by atoms with van der Waals surface area (Å²) in [6.45, 7) is 7.91. The first-order chi connectivity index (χ1) is 13.3. The Balaban J connectivity index is 1.97. The number of ether oxygens (including phenoxy) is 1. The average Bonchev–Trinajstić information content (AvgIpc) is 2.52. The van der Waals surface area contributed by atoms with Crippen LogP contribution < -0.4 is 0 Å². The molecule has 1 heterocycles. The Labute approximate surface area is 181 Å². The van der Waals surface area contributed by atoms with Gasteiger partial charge >= 0.3 is 0 Å². The number of Topliss-reactive ketones (excluding diaryl/α,β-unsaturated/α-hetero) is 2. The van der Waals surface area contributed by atoms with Crippen molar-refractivity contribution in [2.24, 2.45) is 16.7 Å². The first-order valence-corrected chi connectivity index (χ1v) is 10.7. The van der Waals surface area contributed by atoms with Crippen LogP contribution in [-0.2, 0) is 14.3 Å². The molecule has 3 atom stereocenters. The highest BCUT2D eigenvalue weighted by Crippen LogP contribution is 2.58. The minimum Gasteiger partial charge on any atom is -0.466 e. The topological polar surface area (TPSA) is 63.6 Å². The van der Waals surface area contributed by atoms with Gasteiger partial charge in [-0.25, -0.2) is 0 Å². The molecule has 1 fully saturated rings. The second kappa shape index (κ2) is 6.57. The second-order valence-electron chi connectivity index (χ2n) is 10.3. The highest BCUT2D eigenvalue weighted by Gasteiger charge is 2.61. The van der Waals surface area contributed by atoms with E-state index >= 15 is 0 Å². The van der Waals surface area contributed by atoms with Gasteiger partial charge in [0.05, 0.1) is 16.0 Å². The Morgan fingerprint density at radius 2 is 1.72 bits per heavy atom. The van der Waals surface area contributed by atoms with Crippen LogP contribution in [0, 0.1) is 16.7 Å². The SMILES string of the molecule is CC1(C)CC(=O)C2=C(C1)O[C@]1(O)CC(C)(C)CC(=O)[C@@H]1[C@H]2c1cccc(Cl)c1Cl. The number of hydrogen-bond donors (Lipinski definition) is 1. The molecular formula is C23H26Cl2O4. The molecule has 3 aliphatic rings. The van der Waals surface area contributed by atoms with E-state index in [1.807, 2.05) is 27.7 Å². The Morgan fingerprint density at radius 1 is 1.03 bits per heavy atom. The number of fused-ring (bicyclic) bond motifs is 1. The van der Waals surface area contributed by atoms with E-state index in [-0.39, 0.29) is 17.0 Å². The van der Waals surface area contributed by atoms with Crippen LogP contribution in [0.4, 0.5) is 0 Å². The maximum absolute atomic E-state index is 13.3. The molecule has 1 aliphatic heterocycles. The largest absolute Gasteiger partial charge is 0.466 e. The van der Waals surface area contributed by atoms with Crippen molar-refractivity contribution < 1.29 is 19.4 Å². The fourth-order valence-corrected chi connectivity index (χ4v) is 5.85. The smallest absolute Gasteiger partial charge is 0.218 e. The monoisotopic (exact) mass is 436 g/mol. The molecule has 0 saturated heterocycles. The van der Waals surface area contributed by atoms with Crippen LogP contribution >= 0.6 is 23.2 Å². The lowest BCUT2D eigenvalue weighted by molar-refractivity contribution is -0.253. The van der Waals surface area contributed by atoms with Gasteiger partial charge in [0.1, 0.15) is 11.5 Å². The van der Waals surface area contributed by atoms with Gasteiger partial charge in [-0.2, -0.15) is 0 Å². The Bertz CT molecular complexity index is 946. The molecule has 2 aliphatic carbocycles. The van der Waals surface area contributed by atoms with Crippen LogP contribution in [0.15, 0.2) is 29.5 Å². The van der Waals surface area contributed by atoms with Gasteiger partial charge in [0.15, 0.2) is 5.78 Å². The minimum atomic E-state index is -1.68. The van der Waals surface area contributed by atoms with Crippen molar-refractivity contribution in [3.8, 4) is 0 Å². The fraction of sp³-hybridized carbons (Fsp3) is 0.565. The minimum absolute atomic E-state index is 0.0584. The number of carbonyl (C=O) groups is 2. The summed E-state index contributed by atoms with van der Waals surface area (Å²) in [5, 5.41) is 12.3. The van der Waals surface area contributed by atoms with Crippen molar-refractivity contribution in [3.05, 3.63) is 45.1 Å². The zero-order chi connectivity index (χ0) is 21.4. The Hall–Kier alpha value is -1.36. The molecular weight excluding hydrogens is 411 g/mol. The summed E-state index contributed by atoms with van der Waals surface area (Å²) in [5.74, 6) is -2.93. The molecule has 0 amide bonds.